The number of ether oxygens (including phenoxy) is 2. The smallest absolute Gasteiger partial charge is 0.308 e. The fraction of sp³-hybridized carbons (Fsp3) is 0.368. The van der Waals surface area contributed by atoms with Crippen molar-refractivity contribution < 1.29 is 27.1 Å². The molecule has 5 aromatic rings. The predicted molar refractivity (Wildman–Crippen MR) is 191 cm³/mol. The number of methoxy groups -OCH3 is 1. The average molecular weight is 700 g/mol. The van der Waals surface area contributed by atoms with E-state index in [0.29, 0.717) is 65.2 Å². The number of halogens is 1. The molecule has 1 aliphatic rings. The standard InChI is InChI=1S/C38H42FN5O5S/c1-24(35(45)48-6)19-25-9-7-10-26(20-25)38(4)15-8-14-37(2,3)23-50(46,47)18-13-29-28-12-17-40-31(28)22-30(39)33(29)49-27-11-16-41-32(21-27)34-42-36(38)43-44(34)5/h7,9-13,16-18,20-22,24,40H,8,14-15,19,23H2,1-6H3/b18-13+/t24-,38-/m1/s1. The summed E-state index contributed by atoms with van der Waals surface area (Å²) in [6, 6.07) is 14.4. The Hall–Kier alpha value is -4.84. The van der Waals surface area contributed by atoms with E-state index in [4.69, 9.17) is 19.6 Å². The van der Waals surface area contributed by atoms with Crippen LogP contribution in [0.2, 0.25) is 0 Å². The van der Waals surface area contributed by atoms with Gasteiger partial charge >= 0.3 is 5.97 Å². The van der Waals surface area contributed by atoms with Gasteiger partial charge in [0.15, 0.2) is 33.1 Å². The van der Waals surface area contributed by atoms with Gasteiger partial charge in [-0.1, -0.05) is 51.5 Å². The van der Waals surface area contributed by atoms with Gasteiger partial charge < -0.3 is 14.5 Å². The summed E-state index contributed by atoms with van der Waals surface area (Å²) in [6.45, 7) is 7.82. The minimum atomic E-state index is -3.72. The Bertz CT molecular complexity index is 2210. The van der Waals surface area contributed by atoms with Crippen molar-refractivity contribution in [1.82, 2.24) is 24.7 Å². The first kappa shape index (κ1) is 35.0. The van der Waals surface area contributed by atoms with Gasteiger partial charge in [-0.15, -0.1) is 0 Å². The maximum absolute atomic E-state index is 15.6. The number of aryl methyl sites for hydroxylation is 1. The van der Waals surface area contributed by atoms with Gasteiger partial charge in [0.25, 0.3) is 0 Å². The Morgan fingerprint density at radius 1 is 1.14 bits per heavy atom. The highest BCUT2D eigenvalue weighted by Gasteiger charge is 2.36. The number of nitrogens with zero attached hydrogens (tertiary/aromatic N) is 4. The molecule has 4 heterocycles. The van der Waals surface area contributed by atoms with Crippen molar-refractivity contribution in [2.24, 2.45) is 18.4 Å². The first-order valence-electron chi connectivity index (χ1n) is 16.6. The largest absolute Gasteiger partial charge is 0.469 e. The van der Waals surface area contributed by atoms with Crippen molar-refractivity contribution in [2.45, 2.75) is 58.8 Å². The number of hydrogen-bond acceptors (Lipinski definition) is 8. The topological polar surface area (TPSA) is 129 Å². The van der Waals surface area contributed by atoms with Crippen LogP contribution in [-0.2, 0) is 38.3 Å². The van der Waals surface area contributed by atoms with Gasteiger partial charge in [-0.3, -0.25) is 9.78 Å². The summed E-state index contributed by atoms with van der Waals surface area (Å²) in [7, 11) is -0.533. The van der Waals surface area contributed by atoms with E-state index in [1.54, 1.807) is 42.3 Å². The normalized spacial score (nSPS) is 20.1. The number of aromatic amines is 1. The summed E-state index contributed by atoms with van der Waals surface area (Å²) in [4.78, 5) is 24.8. The number of nitrogens with one attached hydrogen (secondary N) is 1. The predicted octanol–water partition coefficient (Wildman–Crippen LogP) is 7.54. The lowest BCUT2D eigenvalue weighted by atomic mass is 9.75. The van der Waals surface area contributed by atoms with E-state index in [0.717, 1.165) is 16.5 Å². The SMILES string of the molecule is COC(=O)[C@H](C)Cc1cccc([C@@]2(C)CCCC(C)(C)CS(=O)(=O)/C=C/c3c(c(F)cc4[nH]ccc34)Oc3ccnc(c3)-c3nc2nn3C)c1. The molecule has 6 rings (SSSR count). The fourth-order valence-electron chi connectivity index (χ4n) is 6.83. The minimum absolute atomic E-state index is 0.102. The zero-order valence-electron chi connectivity index (χ0n) is 29.2. The highest BCUT2D eigenvalue weighted by atomic mass is 32.2. The third-order valence-electron chi connectivity index (χ3n) is 9.51. The van der Waals surface area contributed by atoms with E-state index in [-0.39, 0.29) is 23.4 Å². The molecular formula is C38H42FN5O5S. The molecule has 1 N–H and O–H groups in total. The first-order valence-corrected chi connectivity index (χ1v) is 18.3. The second kappa shape index (κ2) is 13.5. The van der Waals surface area contributed by atoms with Gasteiger partial charge in [0.1, 0.15) is 11.4 Å². The molecule has 2 aromatic carbocycles. The molecule has 2 atom stereocenters. The highest BCUT2D eigenvalue weighted by Crippen LogP contribution is 2.40. The van der Waals surface area contributed by atoms with Crippen LogP contribution in [0, 0.1) is 17.2 Å². The zero-order chi connectivity index (χ0) is 35.8. The molecule has 0 radical (unpaired) electrons. The number of carbonyl (C=O) groups excluding carboxylic acids is 1. The van der Waals surface area contributed by atoms with Gasteiger partial charge in [-0.05, 0) is 60.9 Å². The van der Waals surface area contributed by atoms with Crippen molar-refractivity contribution in [3.63, 3.8) is 0 Å². The molecule has 0 amide bonds. The van der Waals surface area contributed by atoms with E-state index in [2.05, 4.69) is 23.0 Å². The number of sulfone groups is 1. The van der Waals surface area contributed by atoms with E-state index < -0.39 is 26.5 Å². The molecule has 3 aromatic heterocycles. The van der Waals surface area contributed by atoms with Crippen LogP contribution in [0.3, 0.4) is 0 Å². The Morgan fingerprint density at radius 3 is 2.72 bits per heavy atom. The zero-order valence-corrected chi connectivity index (χ0v) is 30.0. The maximum atomic E-state index is 15.6. The van der Waals surface area contributed by atoms with E-state index in [9.17, 15) is 13.2 Å². The lowest BCUT2D eigenvalue weighted by Crippen LogP contribution is -2.28. The molecule has 12 heteroatoms. The lowest BCUT2D eigenvalue weighted by Gasteiger charge is -2.30. The van der Waals surface area contributed by atoms with Gasteiger partial charge in [0.2, 0.25) is 0 Å². The Kier molecular flexibility index (Phi) is 9.43. The molecular weight excluding hydrogens is 658 g/mol. The van der Waals surface area contributed by atoms with Crippen LogP contribution in [0.25, 0.3) is 28.5 Å². The van der Waals surface area contributed by atoms with Gasteiger partial charge in [-0.25, -0.2) is 22.5 Å². The van der Waals surface area contributed by atoms with Gasteiger partial charge in [0.05, 0.1) is 24.2 Å². The van der Waals surface area contributed by atoms with E-state index in [1.807, 2.05) is 39.0 Å². The number of rotatable bonds is 4. The van der Waals surface area contributed by atoms with Crippen LogP contribution in [0.4, 0.5) is 4.39 Å². The summed E-state index contributed by atoms with van der Waals surface area (Å²) < 4.78 is 55.6. The molecule has 0 unspecified atom stereocenters. The van der Waals surface area contributed by atoms with Crippen LogP contribution in [-0.4, -0.2) is 52.0 Å². The molecule has 0 spiro atoms. The Labute approximate surface area is 291 Å². The van der Waals surface area contributed by atoms with Crippen LogP contribution >= 0.6 is 0 Å². The molecule has 50 heavy (non-hydrogen) atoms. The molecule has 0 saturated heterocycles. The van der Waals surface area contributed by atoms with Crippen molar-refractivity contribution >= 4 is 32.8 Å². The quantitative estimate of drug-likeness (QED) is 0.191. The van der Waals surface area contributed by atoms with E-state index in [1.165, 1.54) is 19.3 Å². The number of aromatic nitrogens is 5. The number of fused-ring (bicyclic) bond motifs is 8. The number of carbonyl (C=O) groups is 1. The number of H-pyrrole nitrogens is 1. The maximum Gasteiger partial charge on any atom is 0.308 e. The number of pyridine rings is 1. The summed E-state index contributed by atoms with van der Waals surface area (Å²) in [5.41, 5.74) is 1.98. The van der Waals surface area contributed by atoms with Crippen molar-refractivity contribution in [2.75, 3.05) is 12.9 Å². The minimum Gasteiger partial charge on any atom is -0.469 e. The average Bonchev–Trinajstić information content (AvgIpc) is 3.70. The van der Waals surface area contributed by atoms with Gasteiger partial charge in [-0.2, -0.15) is 5.10 Å². The molecule has 0 saturated carbocycles. The molecule has 0 aliphatic carbocycles. The molecule has 262 valence electrons. The van der Waals surface area contributed by atoms with Crippen molar-refractivity contribution in [1.29, 1.82) is 0 Å². The number of hydrogen-bond donors (Lipinski definition) is 1. The second-order valence-electron chi connectivity index (χ2n) is 14.2. The van der Waals surface area contributed by atoms with Crippen molar-refractivity contribution in [3.05, 3.63) is 94.7 Å². The van der Waals surface area contributed by atoms with Gasteiger partial charge in [0, 0.05) is 53.4 Å². The molecule has 1 aliphatic heterocycles. The number of benzene rings is 2. The molecule has 4 bridgehead atoms. The van der Waals surface area contributed by atoms with Crippen LogP contribution in [0.15, 0.2) is 66.3 Å². The summed E-state index contributed by atoms with van der Waals surface area (Å²) in [5.74, 6) is -0.0796. The summed E-state index contributed by atoms with van der Waals surface area (Å²) >= 11 is 0. The lowest BCUT2D eigenvalue weighted by molar-refractivity contribution is -0.144. The second-order valence-corrected chi connectivity index (χ2v) is 16.1. The fourth-order valence-corrected chi connectivity index (χ4v) is 8.50. The Morgan fingerprint density at radius 2 is 1.94 bits per heavy atom. The third kappa shape index (κ3) is 7.21. The van der Waals surface area contributed by atoms with Crippen molar-refractivity contribution in [3.8, 4) is 23.0 Å². The molecule has 10 nitrogen and oxygen atoms in total. The first-order chi connectivity index (χ1) is 23.7. The number of esters is 1. The van der Waals surface area contributed by atoms with E-state index >= 15 is 4.39 Å². The summed E-state index contributed by atoms with van der Waals surface area (Å²) in [6.07, 6.45) is 7.06. The highest BCUT2D eigenvalue weighted by molar-refractivity contribution is 7.94. The third-order valence-corrected chi connectivity index (χ3v) is 11.2. The van der Waals surface area contributed by atoms with Crippen LogP contribution in [0.5, 0.6) is 11.5 Å². The summed E-state index contributed by atoms with van der Waals surface area (Å²) in [5, 5.41) is 6.69. The molecule has 0 fully saturated rings. The monoisotopic (exact) mass is 699 g/mol. The van der Waals surface area contributed by atoms with Crippen LogP contribution < -0.4 is 4.74 Å². The van der Waals surface area contributed by atoms with Crippen LogP contribution in [0.1, 0.15) is 69.5 Å². The Balaban J connectivity index is 1.48.